The van der Waals surface area contributed by atoms with Gasteiger partial charge in [0.25, 0.3) is 0 Å². The molecule has 3 rings (SSSR count). The lowest BCUT2D eigenvalue weighted by Gasteiger charge is -2.32. The first-order valence-corrected chi connectivity index (χ1v) is 9.84. The molecule has 0 aliphatic carbocycles. The van der Waals surface area contributed by atoms with Gasteiger partial charge in [-0.25, -0.2) is 4.98 Å². The van der Waals surface area contributed by atoms with E-state index in [0.717, 1.165) is 50.8 Å². The van der Waals surface area contributed by atoms with E-state index in [2.05, 4.69) is 33.4 Å². The average molecular weight is 346 g/mol. The lowest BCUT2D eigenvalue weighted by molar-refractivity contribution is -0.133. The number of hydrogen-bond donors (Lipinski definition) is 1. The molecule has 1 aromatic heterocycles. The summed E-state index contributed by atoms with van der Waals surface area (Å²) >= 11 is 1.78. The van der Waals surface area contributed by atoms with E-state index in [1.165, 1.54) is 16.1 Å². The number of aromatic nitrogens is 1. The van der Waals surface area contributed by atoms with Gasteiger partial charge in [0.1, 0.15) is 0 Å². The number of likely N-dealkylation sites (tertiary alicyclic amines) is 1. The highest BCUT2D eigenvalue weighted by Crippen LogP contribution is 2.23. The Hall–Kier alpha value is -1.46. The van der Waals surface area contributed by atoms with Crippen LogP contribution in [0.4, 0.5) is 0 Å². The van der Waals surface area contributed by atoms with Crippen LogP contribution in [0, 0.1) is 5.92 Å². The molecule has 5 heteroatoms. The fourth-order valence-corrected chi connectivity index (χ4v) is 4.49. The molecule has 1 atom stereocenters. The standard InChI is InChI=1S/C19H27N3OS/c1-20-13-15-7-6-12-22(14-15)19(23)11-5-4-10-18-21-16-8-2-3-9-17(16)24-18/h2-3,8-9,15,20H,4-7,10-14H2,1H3. The molecule has 130 valence electrons. The molecule has 0 spiro atoms. The van der Waals surface area contributed by atoms with Crippen LogP contribution in [0.3, 0.4) is 0 Å². The minimum atomic E-state index is 0.333. The van der Waals surface area contributed by atoms with Gasteiger partial charge in [-0.2, -0.15) is 0 Å². The van der Waals surface area contributed by atoms with Crippen molar-refractivity contribution in [1.82, 2.24) is 15.2 Å². The van der Waals surface area contributed by atoms with Crippen molar-refractivity contribution in [1.29, 1.82) is 0 Å². The van der Waals surface area contributed by atoms with Crippen molar-refractivity contribution in [3.8, 4) is 0 Å². The molecular weight excluding hydrogens is 318 g/mol. The topological polar surface area (TPSA) is 45.2 Å². The molecule has 1 aliphatic heterocycles. The fourth-order valence-electron chi connectivity index (χ4n) is 3.48. The quantitative estimate of drug-likeness (QED) is 0.782. The molecular formula is C19H27N3OS. The maximum atomic E-state index is 12.4. The van der Waals surface area contributed by atoms with E-state index in [1.807, 2.05) is 13.1 Å². The Kier molecular flexibility index (Phi) is 6.21. The number of para-hydroxylation sites is 1. The first-order chi connectivity index (χ1) is 11.8. The van der Waals surface area contributed by atoms with E-state index in [-0.39, 0.29) is 0 Å². The third-order valence-corrected chi connectivity index (χ3v) is 5.83. The summed E-state index contributed by atoms with van der Waals surface area (Å²) in [5.74, 6) is 0.954. The molecule has 1 saturated heterocycles. The number of carbonyl (C=O) groups excluding carboxylic acids is 1. The molecule has 4 nitrogen and oxygen atoms in total. The van der Waals surface area contributed by atoms with Crippen LogP contribution in [0.2, 0.25) is 0 Å². The summed E-state index contributed by atoms with van der Waals surface area (Å²) in [5, 5.41) is 4.43. The highest BCUT2D eigenvalue weighted by molar-refractivity contribution is 7.18. The molecule has 1 N–H and O–H groups in total. The fraction of sp³-hybridized carbons (Fsp3) is 0.579. The number of carbonyl (C=O) groups is 1. The van der Waals surface area contributed by atoms with Crippen molar-refractivity contribution < 1.29 is 4.79 Å². The van der Waals surface area contributed by atoms with Gasteiger partial charge in [0.05, 0.1) is 15.2 Å². The van der Waals surface area contributed by atoms with E-state index < -0.39 is 0 Å². The van der Waals surface area contributed by atoms with E-state index in [1.54, 1.807) is 11.3 Å². The smallest absolute Gasteiger partial charge is 0.222 e. The number of thiazole rings is 1. The number of piperidine rings is 1. The number of amides is 1. The van der Waals surface area contributed by atoms with Crippen LogP contribution in [0.15, 0.2) is 24.3 Å². The molecule has 2 heterocycles. The maximum absolute atomic E-state index is 12.4. The number of hydrogen-bond acceptors (Lipinski definition) is 4. The van der Waals surface area contributed by atoms with Gasteiger partial charge in [-0.15, -0.1) is 11.3 Å². The van der Waals surface area contributed by atoms with E-state index in [4.69, 9.17) is 0 Å². The highest BCUT2D eigenvalue weighted by Gasteiger charge is 2.22. The summed E-state index contributed by atoms with van der Waals surface area (Å²) in [5.41, 5.74) is 1.09. The second kappa shape index (κ2) is 8.58. The van der Waals surface area contributed by atoms with Gasteiger partial charge in [-0.3, -0.25) is 4.79 Å². The normalized spacial score (nSPS) is 18.2. The van der Waals surface area contributed by atoms with Gasteiger partial charge in [0.15, 0.2) is 0 Å². The van der Waals surface area contributed by atoms with Gasteiger partial charge < -0.3 is 10.2 Å². The van der Waals surface area contributed by atoms with Crippen LogP contribution < -0.4 is 5.32 Å². The molecule has 24 heavy (non-hydrogen) atoms. The second-order valence-corrected chi connectivity index (χ2v) is 7.80. The van der Waals surface area contributed by atoms with Crippen molar-refractivity contribution in [2.45, 2.75) is 38.5 Å². The summed E-state index contributed by atoms with van der Waals surface area (Å²) < 4.78 is 1.26. The largest absolute Gasteiger partial charge is 0.342 e. The minimum absolute atomic E-state index is 0.333. The lowest BCUT2D eigenvalue weighted by Crippen LogP contribution is -2.42. The predicted molar refractivity (Wildman–Crippen MR) is 100 cm³/mol. The summed E-state index contributed by atoms with van der Waals surface area (Å²) in [6.45, 7) is 2.88. The Morgan fingerprint density at radius 3 is 3.08 bits per heavy atom. The van der Waals surface area contributed by atoms with E-state index >= 15 is 0 Å². The van der Waals surface area contributed by atoms with Gasteiger partial charge in [0, 0.05) is 19.5 Å². The van der Waals surface area contributed by atoms with Crippen LogP contribution in [-0.4, -0.2) is 42.5 Å². The number of unbranched alkanes of at least 4 members (excludes halogenated alkanes) is 1. The Labute approximate surface area is 148 Å². The Morgan fingerprint density at radius 1 is 1.38 bits per heavy atom. The van der Waals surface area contributed by atoms with Crippen molar-refractivity contribution >= 4 is 27.5 Å². The van der Waals surface area contributed by atoms with Crippen molar-refractivity contribution in [3.05, 3.63) is 29.3 Å². The van der Waals surface area contributed by atoms with Crippen LogP contribution in [0.5, 0.6) is 0 Å². The van der Waals surface area contributed by atoms with Crippen LogP contribution in [0.1, 0.15) is 37.1 Å². The molecule has 2 aromatic rings. The number of rotatable bonds is 7. The predicted octanol–water partition coefficient (Wildman–Crippen LogP) is 3.47. The Bertz CT molecular complexity index is 634. The molecule has 1 amide bonds. The van der Waals surface area contributed by atoms with Gasteiger partial charge >= 0.3 is 0 Å². The molecule has 0 bridgehead atoms. The molecule has 1 fully saturated rings. The van der Waals surface area contributed by atoms with Crippen molar-refractivity contribution in [3.63, 3.8) is 0 Å². The number of benzene rings is 1. The number of nitrogens with zero attached hydrogens (tertiary/aromatic N) is 2. The number of aryl methyl sites for hydroxylation is 1. The average Bonchev–Trinajstić information content (AvgIpc) is 3.02. The molecule has 1 aromatic carbocycles. The van der Waals surface area contributed by atoms with Crippen LogP contribution in [-0.2, 0) is 11.2 Å². The van der Waals surface area contributed by atoms with E-state index in [9.17, 15) is 4.79 Å². The first-order valence-electron chi connectivity index (χ1n) is 9.03. The lowest BCUT2D eigenvalue weighted by atomic mass is 9.97. The maximum Gasteiger partial charge on any atom is 0.222 e. The van der Waals surface area contributed by atoms with Crippen LogP contribution in [0.25, 0.3) is 10.2 Å². The minimum Gasteiger partial charge on any atom is -0.342 e. The summed E-state index contributed by atoms with van der Waals surface area (Å²) in [6.07, 6.45) is 6.04. The summed E-state index contributed by atoms with van der Waals surface area (Å²) in [4.78, 5) is 19.1. The zero-order valence-corrected chi connectivity index (χ0v) is 15.3. The van der Waals surface area contributed by atoms with E-state index in [0.29, 0.717) is 18.2 Å². The SMILES string of the molecule is CNCC1CCCN(C(=O)CCCCc2nc3ccccc3s2)C1. The number of nitrogens with one attached hydrogen (secondary N) is 1. The van der Waals surface area contributed by atoms with Crippen LogP contribution >= 0.6 is 11.3 Å². The first kappa shape index (κ1) is 17.4. The zero-order chi connectivity index (χ0) is 16.8. The third kappa shape index (κ3) is 4.54. The van der Waals surface area contributed by atoms with Crippen molar-refractivity contribution in [2.24, 2.45) is 5.92 Å². The molecule has 1 aliphatic rings. The zero-order valence-electron chi connectivity index (χ0n) is 14.5. The van der Waals surface area contributed by atoms with Crippen molar-refractivity contribution in [2.75, 3.05) is 26.7 Å². The molecule has 1 unspecified atom stereocenters. The summed E-state index contributed by atoms with van der Waals surface area (Å²) in [7, 11) is 1.99. The van der Waals surface area contributed by atoms with Gasteiger partial charge in [0.2, 0.25) is 5.91 Å². The third-order valence-electron chi connectivity index (χ3n) is 4.73. The Morgan fingerprint density at radius 2 is 2.25 bits per heavy atom. The molecule has 0 radical (unpaired) electrons. The molecule has 0 saturated carbocycles. The number of fused-ring (bicyclic) bond motifs is 1. The Balaban J connectivity index is 1.40. The summed E-state index contributed by atoms with van der Waals surface area (Å²) in [6, 6.07) is 8.28. The van der Waals surface area contributed by atoms with Gasteiger partial charge in [-0.1, -0.05) is 12.1 Å². The second-order valence-electron chi connectivity index (χ2n) is 6.69. The monoisotopic (exact) mass is 345 g/mol. The highest BCUT2D eigenvalue weighted by atomic mass is 32.1. The van der Waals surface area contributed by atoms with Gasteiger partial charge in [-0.05, 0) is 63.7 Å².